The molecule has 0 bridgehead atoms. The Hall–Kier alpha value is -3.90. The molecule has 0 unspecified atom stereocenters. The smallest absolute Gasteiger partial charge is 0.312 e. The van der Waals surface area contributed by atoms with Crippen LogP contribution in [0.25, 0.3) is 0 Å². The summed E-state index contributed by atoms with van der Waals surface area (Å²) >= 11 is 0. The van der Waals surface area contributed by atoms with E-state index in [1.54, 1.807) is 43.3 Å². The molecule has 1 aromatic heterocycles. The Morgan fingerprint density at radius 1 is 1.00 bits per heavy atom. The van der Waals surface area contributed by atoms with Gasteiger partial charge in [-0.3, -0.25) is 19.1 Å². The number of rotatable bonds is 6. The van der Waals surface area contributed by atoms with Crippen LogP contribution in [0.5, 0.6) is 0 Å². The number of carbonyl (C=O) groups excluding carboxylic acids is 1. The fraction of sp³-hybridized carbons (Fsp3) is 0.0556. The highest BCUT2D eigenvalue weighted by Crippen LogP contribution is 2.24. The van der Waals surface area contributed by atoms with Crippen molar-refractivity contribution >= 4 is 27.6 Å². The zero-order valence-electron chi connectivity index (χ0n) is 15.6. The number of hydrazine groups is 2. The first-order valence-electron chi connectivity index (χ1n) is 8.50. The molecule has 30 heavy (non-hydrogen) atoms. The van der Waals surface area contributed by atoms with Crippen molar-refractivity contribution in [2.75, 3.05) is 9.53 Å². The highest BCUT2D eigenvalue weighted by atomic mass is 32.2. The second-order valence-corrected chi connectivity index (χ2v) is 7.32. The van der Waals surface area contributed by atoms with Gasteiger partial charge in [-0.25, -0.2) is 10.2 Å². The van der Waals surface area contributed by atoms with Crippen molar-refractivity contribution < 1.29 is 17.8 Å². The molecule has 0 saturated carbocycles. The number of nitrogens with one attached hydrogen (secondary N) is 3. The molecule has 0 aliphatic carbocycles. The van der Waals surface area contributed by atoms with E-state index in [9.17, 15) is 27.4 Å². The molecule has 0 fully saturated rings. The SMILES string of the molecule is Cc1ccccc1N(NC(=O)c1ccccc1)N(c1c[nH]c(=O)[nH]c1=O)S(=O)(=O)O. The van der Waals surface area contributed by atoms with Gasteiger partial charge >= 0.3 is 16.0 Å². The fourth-order valence-electron chi connectivity index (χ4n) is 2.63. The molecule has 0 atom stereocenters. The summed E-state index contributed by atoms with van der Waals surface area (Å²) in [6.45, 7) is 1.64. The minimum absolute atomic E-state index is 0.144. The van der Waals surface area contributed by atoms with Gasteiger partial charge in [0.15, 0.2) is 5.69 Å². The Bertz CT molecular complexity index is 1290. The van der Waals surface area contributed by atoms with Crippen molar-refractivity contribution in [3.8, 4) is 0 Å². The maximum absolute atomic E-state index is 12.7. The standard InChI is InChI=1S/C18H17N5O6S/c1-12-7-5-6-10-14(12)22(21-16(24)13-8-3-2-4-9-13)23(30(27,28)29)15-11-19-18(26)20-17(15)25/h2-11H,1H3,(H,21,24)(H,27,28,29)(H2,19,20,25,26). The third-order valence-electron chi connectivity index (χ3n) is 3.99. The first-order valence-corrected chi connectivity index (χ1v) is 9.89. The summed E-state index contributed by atoms with van der Waals surface area (Å²) in [7, 11) is -5.14. The Morgan fingerprint density at radius 2 is 1.63 bits per heavy atom. The topological polar surface area (TPSA) is 156 Å². The minimum atomic E-state index is -5.14. The average molecular weight is 431 g/mol. The lowest BCUT2D eigenvalue weighted by atomic mass is 10.2. The summed E-state index contributed by atoms with van der Waals surface area (Å²) in [5, 5.41) is 0.711. The van der Waals surface area contributed by atoms with Gasteiger partial charge in [-0.05, 0) is 30.7 Å². The van der Waals surface area contributed by atoms with E-state index in [2.05, 4.69) is 10.4 Å². The van der Waals surface area contributed by atoms with Crippen LogP contribution in [-0.2, 0) is 10.3 Å². The second-order valence-electron chi connectivity index (χ2n) is 6.08. The van der Waals surface area contributed by atoms with Crippen molar-refractivity contribution in [3.63, 3.8) is 0 Å². The number of hydrogen-bond donors (Lipinski definition) is 4. The molecule has 3 rings (SSSR count). The maximum atomic E-state index is 12.7. The molecular weight excluding hydrogens is 414 g/mol. The number of nitrogens with zero attached hydrogens (tertiary/aromatic N) is 2. The van der Waals surface area contributed by atoms with Gasteiger partial charge in [-0.15, -0.1) is 4.41 Å². The molecule has 0 aliphatic rings. The number of anilines is 2. The van der Waals surface area contributed by atoms with Gasteiger partial charge in [-0.1, -0.05) is 36.4 Å². The van der Waals surface area contributed by atoms with Gasteiger partial charge in [-0.2, -0.15) is 13.5 Å². The number of carbonyl (C=O) groups is 1. The largest absolute Gasteiger partial charge is 0.379 e. The van der Waals surface area contributed by atoms with Gasteiger partial charge in [0.1, 0.15) is 0 Å². The summed E-state index contributed by atoms with van der Waals surface area (Å²) in [6.07, 6.45) is 0.800. The predicted octanol–water partition coefficient (Wildman–Crippen LogP) is 0.747. The number of aromatic amines is 2. The molecule has 156 valence electrons. The minimum Gasteiger partial charge on any atom is -0.312 e. The van der Waals surface area contributed by atoms with E-state index >= 15 is 0 Å². The monoisotopic (exact) mass is 431 g/mol. The molecule has 0 aliphatic heterocycles. The van der Waals surface area contributed by atoms with E-state index in [0.717, 1.165) is 6.20 Å². The van der Waals surface area contributed by atoms with E-state index in [1.807, 2.05) is 4.98 Å². The lowest BCUT2D eigenvalue weighted by molar-refractivity contribution is 0.0949. The summed E-state index contributed by atoms with van der Waals surface area (Å²) in [6, 6.07) is 14.3. The summed E-state index contributed by atoms with van der Waals surface area (Å²) < 4.78 is 34.6. The van der Waals surface area contributed by atoms with E-state index in [0.29, 0.717) is 10.7 Å². The zero-order chi connectivity index (χ0) is 21.9. The van der Waals surface area contributed by atoms with Crippen LogP contribution >= 0.6 is 0 Å². The number of para-hydroxylation sites is 1. The van der Waals surface area contributed by atoms with Crippen LogP contribution in [0.3, 0.4) is 0 Å². The lowest BCUT2D eigenvalue weighted by Gasteiger charge is -2.34. The van der Waals surface area contributed by atoms with Crippen molar-refractivity contribution in [2.24, 2.45) is 0 Å². The van der Waals surface area contributed by atoms with E-state index in [4.69, 9.17) is 0 Å². The molecule has 11 nitrogen and oxygen atoms in total. The molecule has 0 saturated heterocycles. The molecular formula is C18H17N5O6S. The molecule has 1 heterocycles. The molecule has 12 heteroatoms. The van der Waals surface area contributed by atoms with E-state index < -0.39 is 33.1 Å². The normalized spacial score (nSPS) is 11.0. The van der Waals surface area contributed by atoms with Crippen LogP contribution in [0.4, 0.5) is 11.4 Å². The number of H-pyrrole nitrogens is 2. The number of amides is 1. The van der Waals surface area contributed by atoms with Gasteiger partial charge in [0.05, 0.1) is 5.69 Å². The first-order chi connectivity index (χ1) is 14.2. The molecule has 0 spiro atoms. The number of hydrogen-bond acceptors (Lipinski definition) is 6. The lowest BCUT2D eigenvalue weighted by Crippen LogP contribution is -2.58. The summed E-state index contributed by atoms with van der Waals surface area (Å²) in [4.78, 5) is 40.4. The van der Waals surface area contributed by atoms with Gasteiger partial charge in [0.2, 0.25) is 0 Å². The summed E-state index contributed by atoms with van der Waals surface area (Å²) in [5.74, 6) is -0.714. The molecule has 4 N–H and O–H groups in total. The van der Waals surface area contributed by atoms with Gasteiger partial charge < -0.3 is 4.98 Å². The highest BCUT2D eigenvalue weighted by molar-refractivity contribution is 7.87. The summed E-state index contributed by atoms with van der Waals surface area (Å²) in [5.41, 5.74) is 0.582. The number of aromatic nitrogens is 2. The van der Waals surface area contributed by atoms with Crippen LogP contribution in [0.2, 0.25) is 0 Å². The predicted molar refractivity (Wildman–Crippen MR) is 109 cm³/mol. The Balaban J connectivity index is 2.20. The molecule has 0 radical (unpaired) electrons. The maximum Gasteiger partial charge on any atom is 0.379 e. The van der Waals surface area contributed by atoms with Gasteiger partial charge in [0, 0.05) is 11.8 Å². The van der Waals surface area contributed by atoms with E-state index in [1.165, 1.54) is 18.2 Å². The molecule has 3 aromatic rings. The van der Waals surface area contributed by atoms with Crippen LogP contribution in [-0.4, -0.2) is 28.8 Å². The number of benzene rings is 2. The van der Waals surface area contributed by atoms with Crippen molar-refractivity contribution in [1.29, 1.82) is 0 Å². The zero-order valence-corrected chi connectivity index (χ0v) is 16.4. The van der Waals surface area contributed by atoms with Crippen molar-refractivity contribution in [2.45, 2.75) is 6.92 Å². The third-order valence-corrected chi connectivity index (χ3v) is 4.79. The first kappa shape index (κ1) is 20.8. The number of aryl methyl sites for hydroxylation is 1. The Labute approximate surface area is 170 Å². The highest BCUT2D eigenvalue weighted by Gasteiger charge is 2.32. The quantitative estimate of drug-likeness (QED) is 0.331. The van der Waals surface area contributed by atoms with Crippen LogP contribution in [0.15, 0.2) is 70.4 Å². The third kappa shape index (κ3) is 4.39. The Kier molecular flexibility index (Phi) is 5.71. The van der Waals surface area contributed by atoms with Crippen LogP contribution < -0.4 is 26.2 Å². The van der Waals surface area contributed by atoms with E-state index in [-0.39, 0.29) is 15.7 Å². The Morgan fingerprint density at radius 3 is 2.23 bits per heavy atom. The fourth-order valence-corrected chi connectivity index (χ4v) is 3.35. The average Bonchev–Trinajstić information content (AvgIpc) is 2.69. The van der Waals surface area contributed by atoms with Crippen LogP contribution in [0.1, 0.15) is 15.9 Å². The van der Waals surface area contributed by atoms with Crippen molar-refractivity contribution in [1.82, 2.24) is 15.4 Å². The van der Waals surface area contributed by atoms with Gasteiger partial charge in [0.25, 0.3) is 11.5 Å². The van der Waals surface area contributed by atoms with Crippen LogP contribution in [0, 0.1) is 6.92 Å². The molecule has 1 amide bonds. The second kappa shape index (κ2) is 8.23. The molecule has 2 aromatic carbocycles. The van der Waals surface area contributed by atoms with Crippen molar-refractivity contribution in [3.05, 3.63) is 92.8 Å².